The van der Waals surface area contributed by atoms with Crippen molar-refractivity contribution in [3.8, 4) is 6.07 Å². The fourth-order valence-corrected chi connectivity index (χ4v) is 1.72. The summed E-state index contributed by atoms with van der Waals surface area (Å²) in [5.41, 5.74) is 0.513. The topological polar surface area (TPSA) is 52.9 Å². The van der Waals surface area contributed by atoms with Crippen LogP contribution in [0, 0.1) is 11.3 Å². The number of nitrogens with one attached hydrogen (secondary N) is 1. The summed E-state index contributed by atoms with van der Waals surface area (Å²) in [5, 5.41) is 13.8. The van der Waals surface area contributed by atoms with Crippen LogP contribution in [0.5, 0.6) is 0 Å². The van der Waals surface area contributed by atoms with Gasteiger partial charge in [0, 0.05) is 0 Å². The number of amides is 1. The first-order chi connectivity index (χ1) is 6.69. The third-order valence-electron chi connectivity index (χ3n) is 1.67. The van der Waals surface area contributed by atoms with Crippen molar-refractivity contribution in [2.45, 2.75) is 18.2 Å². The first-order valence-corrected chi connectivity index (χ1v) is 5.91. The standard InChI is InChI=1S/C9H9BrN2OS/c1-2-7(10)8(13)12-9-6(5-11)3-4-14-9/h3-4,7H,2H2,1H3,(H,12,13). The Bertz CT molecular complexity index is 369. The highest BCUT2D eigenvalue weighted by atomic mass is 79.9. The maximum atomic E-state index is 11.4. The van der Waals surface area contributed by atoms with Gasteiger partial charge in [0.1, 0.15) is 11.1 Å². The van der Waals surface area contributed by atoms with Gasteiger partial charge in [0.25, 0.3) is 0 Å². The molecule has 14 heavy (non-hydrogen) atoms. The minimum Gasteiger partial charge on any atom is -0.316 e. The Hall–Kier alpha value is -0.860. The van der Waals surface area contributed by atoms with Gasteiger partial charge >= 0.3 is 0 Å². The van der Waals surface area contributed by atoms with Crippen molar-refractivity contribution in [3.63, 3.8) is 0 Å². The van der Waals surface area contributed by atoms with Crippen LogP contribution >= 0.6 is 27.3 Å². The summed E-state index contributed by atoms with van der Waals surface area (Å²) in [6.07, 6.45) is 0.721. The van der Waals surface area contributed by atoms with Crippen LogP contribution in [0.2, 0.25) is 0 Å². The zero-order valence-electron chi connectivity index (χ0n) is 7.58. The average Bonchev–Trinajstić information content (AvgIpc) is 2.63. The molecule has 0 saturated heterocycles. The molecule has 1 amide bonds. The van der Waals surface area contributed by atoms with Crippen molar-refractivity contribution in [1.82, 2.24) is 0 Å². The lowest BCUT2D eigenvalue weighted by atomic mass is 10.3. The van der Waals surface area contributed by atoms with Crippen LogP contribution in [0.25, 0.3) is 0 Å². The number of hydrogen-bond donors (Lipinski definition) is 1. The second-order valence-electron chi connectivity index (χ2n) is 2.64. The molecule has 1 N–H and O–H groups in total. The Labute approximate surface area is 94.9 Å². The van der Waals surface area contributed by atoms with Gasteiger partial charge in [-0.1, -0.05) is 22.9 Å². The van der Waals surface area contributed by atoms with Gasteiger partial charge in [-0.15, -0.1) is 11.3 Å². The molecule has 1 rings (SSSR count). The second kappa shape index (κ2) is 5.13. The number of halogens is 1. The number of hydrogen-bond acceptors (Lipinski definition) is 3. The number of nitriles is 1. The number of alkyl halides is 1. The first-order valence-electron chi connectivity index (χ1n) is 4.11. The molecule has 0 radical (unpaired) electrons. The Kier molecular flexibility index (Phi) is 4.11. The van der Waals surface area contributed by atoms with Gasteiger partial charge in [-0.25, -0.2) is 0 Å². The van der Waals surface area contributed by atoms with Crippen LogP contribution in [-0.2, 0) is 4.79 Å². The van der Waals surface area contributed by atoms with E-state index in [1.807, 2.05) is 13.0 Å². The van der Waals surface area contributed by atoms with Gasteiger partial charge in [-0.05, 0) is 17.9 Å². The van der Waals surface area contributed by atoms with E-state index in [2.05, 4.69) is 21.2 Å². The van der Waals surface area contributed by atoms with E-state index in [9.17, 15) is 4.79 Å². The van der Waals surface area contributed by atoms with Gasteiger partial charge in [0.05, 0.1) is 10.4 Å². The highest BCUT2D eigenvalue weighted by Gasteiger charge is 2.14. The SMILES string of the molecule is CCC(Br)C(=O)Nc1sccc1C#N. The molecular weight excluding hydrogens is 264 g/mol. The van der Waals surface area contributed by atoms with Crippen LogP contribution in [0.1, 0.15) is 18.9 Å². The highest BCUT2D eigenvalue weighted by molar-refractivity contribution is 9.10. The number of nitrogens with zero attached hydrogens (tertiary/aromatic N) is 1. The lowest BCUT2D eigenvalue weighted by Gasteiger charge is -2.06. The van der Waals surface area contributed by atoms with E-state index in [4.69, 9.17) is 5.26 Å². The summed E-state index contributed by atoms with van der Waals surface area (Å²) in [7, 11) is 0. The fraction of sp³-hybridized carbons (Fsp3) is 0.333. The molecule has 1 heterocycles. The Morgan fingerprint density at radius 1 is 1.86 bits per heavy atom. The van der Waals surface area contributed by atoms with E-state index in [0.29, 0.717) is 10.6 Å². The molecule has 1 unspecified atom stereocenters. The zero-order chi connectivity index (χ0) is 10.6. The molecule has 1 atom stereocenters. The van der Waals surface area contributed by atoms with Crippen LogP contribution in [0.3, 0.4) is 0 Å². The van der Waals surface area contributed by atoms with E-state index in [1.165, 1.54) is 11.3 Å². The van der Waals surface area contributed by atoms with Crippen LogP contribution < -0.4 is 5.32 Å². The summed E-state index contributed by atoms with van der Waals surface area (Å²) in [6, 6.07) is 3.71. The van der Waals surface area contributed by atoms with Gasteiger partial charge in [0.15, 0.2) is 0 Å². The maximum absolute atomic E-state index is 11.4. The minimum absolute atomic E-state index is 0.105. The van der Waals surface area contributed by atoms with Crippen LogP contribution in [-0.4, -0.2) is 10.7 Å². The van der Waals surface area contributed by atoms with Gasteiger partial charge in [0.2, 0.25) is 5.91 Å². The molecule has 0 saturated carbocycles. The van der Waals surface area contributed by atoms with Crippen molar-refractivity contribution >= 4 is 38.2 Å². The zero-order valence-corrected chi connectivity index (χ0v) is 9.98. The molecule has 74 valence electrons. The molecule has 0 aliphatic heterocycles. The molecule has 0 fully saturated rings. The molecule has 1 aromatic rings. The molecule has 1 aromatic heterocycles. The molecular formula is C9H9BrN2OS. The summed E-state index contributed by atoms with van der Waals surface area (Å²) >= 11 is 4.60. The third-order valence-corrected chi connectivity index (χ3v) is 3.56. The number of anilines is 1. The number of thiophene rings is 1. The number of rotatable bonds is 3. The number of carbonyl (C=O) groups excluding carboxylic acids is 1. The highest BCUT2D eigenvalue weighted by Crippen LogP contribution is 2.23. The van der Waals surface area contributed by atoms with E-state index in [0.717, 1.165) is 6.42 Å². The molecule has 0 aliphatic carbocycles. The average molecular weight is 273 g/mol. The molecule has 3 nitrogen and oxygen atoms in total. The van der Waals surface area contributed by atoms with Crippen LogP contribution in [0.15, 0.2) is 11.4 Å². The van der Waals surface area contributed by atoms with Crippen molar-refractivity contribution < 1.29 is 4.79 Å². The molecule has 0 bridgehead atoms. The van der Waals surface area contributed by atoms with Crippen molar-refractivity contribution in [2.75, 3.05) is 5.32 Å². The molecule has 0 aromatic carbocycles. The van der Waals surface area contributed by atoms with Gasteiger partial charge < -0.3 is 5.32 Å². The largest absolute Gasteiger partial charge is 0.316 e. The second-order valence-corrected chi connectivity index (χ2v) is 4.66. The van der Waals surface area contributed by atoms with Crippen LogP contribution in [0.4, 0.5) is 5.00 Å². The van der Waals surface area contributed by atoms with Crippen molar-refractivity contribution in [1.29, 1.82) is 5.26 Å². The molecule has 0 aliphatic rings. The monoisotopic (exact) mass is 272 g/mol. The predicted octanol–water partition coefficient (Wildman–Crippen LogP) is 2.73. The van der Waals surface area contributed by atoms with E-state index in [1.54, 1.807) is 11.4 Å². The Morgan fingerprint density at radius 3 is 3.14 bits per heavy atom. The Morgan fingerprint density at radius 2 is 2.57 bits per heavy atom. The summed E-state index contributed by atoms with van der Waals surface area (Å²) < 4.78 is 0. The molecule has 0 spiro atoms. The summed E-state index contributed by atoms with van der Waals surface area (Å²) in [5.74, 6) is -0.105. The molecule has 5 heteroatoms. The lowest BCUT2D eigenvalue weighted by molar-refractivity contribution is -0.115. The lowest BCUT2D eigenvalue weighted by Crippen LogP contribution is -2.21. The van der Waals surface area contributed by atoms with E-state index in [-0.39, 0.29) is 10.7 Å². The van der Waals surface area contributed by atoms with Crippen molar-refractivity contribution in [3.05, 3.63) is 17.0 Å². The summed E-state index contributed by atoms with van der Waals surface area (Å²) in [4.78, 5) is 11.3. The van der Waals surface area contributed by atoms with Crippen molar-refractivity contribution in [2.24, 2.45) is 0 Å². The third kappa shape index (κ3) is 2.56. The smallest absolute Gasteiger partial charge is 0.238 e. The van der Waals surface area contributed by atoms with E-state index < -0.39 is 0 Å². The van der Waals surface area contributed by atoms with E-state index >= 15 is 0 Å². The quantitative estimate of drug-likeness (QED) is 0.861. The number of carbonyl (C=O) groups is 1. The van der Waals surface area contributed by atoms with Gasteiger partial charge in [-0.3, -0.25) is 4.79 Å². The maximum Gasteiger partial charge on any atom is 0.238 e. The fourth-order valence-electron chi connectivity index (χ4n) is 0.870. The Balaban J connectivity index is 2.70. The summed E-state index contributed by atoms with van der Waals surface area (Å²) in [6.45, 7) is 1.92. The predicted molar refractivity (Wildman–Crippen MR) is 60.7 cm³/mol. The van der Waals surface area contributed by atoms with Gasteiger partial charge in [-0.2, -0.15) is 5.26 Å². The normalized spacial score (nSPS) is 11.8. The minimum atomic E-state index is -0.198. The first kappa shape index (κ1) is 11.2.